The maximum absolute atomic E-state index is 6.06. The van der Waals surface area contributed by atoms with Gasteiger partial charge in [-0.25, -0.2) is 15.8 Å². The third kappa shape index (κ3) is 2.20. The molecule has 5 heteroatoms. The van der Waals surface area contributed by atoms with Crippen molar-refractivity contribution in [1.29, 1.82) is 0 Å². The van der Waals surface area contributed by atoms with Crippen LogP contribution in [0.3, 0.4) is 0 Å². The summed E-state index contributed by atoms with van der Waals surface area (Å²) in [6, 6.07) is 7.89. The Morgan fingerprint density at radius 2 is 2.10 bits per heavy atom. The fraction of sp³-hybridized carbons (Fsp3) is 0.333. The summed E-state index contributed by atoms with van der Waals surface area (Å²) in [5, 5.41) is 0. The number of hydrogen-bond donors (Lipinski definition) is 2. The summed E-state index contributed by atoms with van der Waals surface area (Å²) in [4.78, 5) is 8.91. The maximum Gasteiger partial charge on any atom is 0.165 e. The Hall–Kier alpha value is -2.14. The number of aromatic nitrogens is 2. The Morgan fingerprint density at radius 1 is 1.30 bits per heavy atom. The van der Waals surface area contributed by atoms with E-state index in [2.05, 4.69) is 35.3 Å². The molecule has 0 bridgehead atoms. The summed E-state index contributed by atoms with van der Waals surface area (Å²) < 4.78 is 6.06. The molecule has 0 unspecified atom stereocenters. The molecule has 0 radical (unpaired) electrons. The zero-order valence-corrected chi connectivity index (χ0v) is 11.9. The van der Waals surface area contributed by atoms with Crippen molar-refractivity contribution in [1.82, 2.24) is 9.97 Å². The van der Waals surface area contributed by atoms with E-state index in [1.807, 2.05) is 19.1 Å². The molecule has 2 heterocycles. The maximum atomic E-state index is 6.06. The molecule has 1 aromatic carbocycles. The van der Waals surface area contributed by atoms with E-state index in [0.717, 1.165) is 23.4 Å². The van der Waals surface area contributed by atoms with Gasteiger partial charge in [0.05, 0.1) is 5.56 Å². The number of nitrogen functional groups attached to an aromatic ring is 1. The molecule has 3 rings (SSSR count). The number of hydrazine groups is 1. The normalized spacial score (nSPS) is 15.6. The van der Waals surface area contributed by atoms with Crippen LogP contribution in [0.1, 0.15) is 25.1 Å². The quantitative estimate of drug-likeness (QED) is 0.647. The lowest BCUT2D eigenvalue weighted by molar-refractivity contribution is 0.139. The number of fused-ring (bicyclic) bond motifs is 1. The van der Waals surface area contributed by atoms with Crippen LogP contribution in [0.4, 0.5) is 5.82 Å². The van der Waals surface area contributed by atoms with Gasteiger partial charge in [0.15, 0.2) is 5.82 Å². The number of nitrogens with two attached hydrogens (primary N) is 1. The van der Waals surface area contributed by atoms with E-state index in [4.69, 9.17) is 10.6 Å². The van der Waals surface area contributed by atoms with Gasteiger partial charge in [0, 0.05) is 18.2 Å². The van der Waals surface area contributed by atoms with Crippen LogP contribution in [0.25, 0.3) is 11.4 Å². The number of hydrogen-bond acceptors (Lipinski definition) is 5. The van der Waals surface area contributed by atoms with Crippen LogP contribution < -0.4 is 16.0 Å². The van der Waals surface area contributed by atoms with Crippen molar-refractivity contribution >= 4 is 5.82 Å². The number of para-hydroxylation sites is 1. The number of rotatable bonds is 2. The highest BCUT2D eigenvalue weighted by atomic mass is 16.5. The summed E-state index contributed by atoms with van der Waals surface area (Å²) >= 11 is 0. The van der Waals surface area contributed by atoms with Gasteiger partial charge in [-0.15, -0.1) is 0 Å². The van der Waals surface area contributed by atoms with Crippen molar-refractivity contribution in [3.63, 3.8) is 0 Å². The smallest absolute Gasteiger partial charge is 0.165 e. The molecule has 104 valence electrons. The summed E-state index contributed by atoms with van der Waals surface area (Å²) in [6.07, 6.45) is 0.893. The second-order valence-electron chi connectivity index (χ2n) is 5.69. The zero-order valence-electron chi connectivity index (χ0n) is 11.9. The molecule has 3 N–H and O–H groups in total. The second kappa shape index (κ2) is 4.45. The van der Waals surface area contributed by atoms with Gasteiger partial charge >= 0.3 is 0 Å². The van der Waals surface area contributed by atoms with Crippen molar-refractivity contribution < 1.29 is 4.74 Å². The molecule has 0 atom stereocenters. The molecule has 0 aliphatic carbocycles. The molecule has 0 spiro atoms. The van der Waals surface area contributed by atoms with Gasteiger partial charge in [-0.1, -0.05) is 12.1 Å². The SMILES string of the molecule is Cc1cc(NN)nc(-c2cccc3c2OC(C)(C)C3)n1. The summed E-state index contributed by atoms with van der Waals surface area (Å²) in [5.41, 5.74) is 5.35. The first kappa shape index (κ1) is 12.9. The van der Waals surface area contributed by atoms with Crippen LogP contribution in [-0.2, 0) is 6.42 Å². The number of aryl methyl sites for hydroxylation is 1. The van der Waals surface area contributed by atoms with Gasteiger partial charge < -0.3 is 10.2 Å². The number of anilines is 1. The summed E-state index contributed by atoms with van der Waals surface area (Å²) in [7, 11) is 0. The molecule has 0 amide bonds. The van der Waals surface area contributed by atoms with E-state index in [0.29, 0.717) is 11.6 Å². The summed E-state index contributed by atoms with van der Waals surface area (Å²) in [6.45, 7) is 6.08. The highest BCUT2D eigenvalue weighted by Gasteiger charge is 2.32. The Kier molecular flexibility index (Phi) is 2.87. The highest BCUT2D eigenvalue weighted by molar-refractivity contribution is 5.69. The minimum atomic E-state index is -0.183. The van der Waals surface area contributed by atoms with Crippen molar-refractivity contribution in [2.24, 2.45) is 5.84 Å². The first-order valence-corrected chi connectivity index (χ1v) is 6.62. The van der Waals surface area contributed by atoms with Crippen LogP contribution >= 0.6 is 0 Å². The van der Waals surface area contributed by atoms with E-state index in [9.17, 15) is 0 Å². The lowest BCUT2D eigenvalue weighted by Gasteiger charge is -2.18. The van der Waals surface area contributed by atoms with Gasteiger partial charge in [-0.3, -0.25) is 0 Å². The lowest BCUT2D eigenvalue weighted by Crippen LogP contribution is -2.24. The molecule has 0 saturated carbocycles. The number of nitrogens with zero attached hydrogens (tertiary/aromatic N) is 2. The number of ether oxygens (including phenoxy) is 1. The van der Waals surface area contributed by atoms with Crippen LogP contribution in [0.2, 0.25) is 0 Å². The first-order chi connectivity index (χ1) is 9.48. The Labute approximate surface area is 118 Å². The van der Waals surface area contributed by atoms with Crippen LogP contribution in [0, 0.1) is 6.92 Å². The van der Waals surface area contributed by atoms with Crippen molar-refractivity contribution in [3.05, 3.63) is 35.5 Å². The molecule has 0 fully saturated rings. The topological polar surface area (TPSA) is 73.1 Å². The summed E-state index contributed by atoms with van der Waals surface area (Å²) in [5.74, 6) is 7.56. The molecule has 1 aliphatic heterocycles. The van der Waals surface area contributed by atoms with Crippen LogP contribution in [-0.4, -0.2) is 15.6 Å². The molecule has 5 nitrogen and oxygen atoms in total. The van der Waals surface area contributed by atoms with Gasteiger partial charge in [0.2, 0.25) is 0 Å². The average molecular weight is 270 g/mol. The number of benzene rings is 1. The third-order valence-corrected chi connectivity index (χ3v) is 3.33. The van der Waals surface area contributed by atoms with Crippen LogP contribution in [0.5, 0.6) is 5.75 Å². The predicted octanol–water partition coefficient (Wildman–Crippen LogP) is 2.45. The lowest BCUT2D eigenvalue weighted by atomic mass is 10.0. The van der Waals surface area contributed by atoms with E-state index in [1.165, 1.54) is 5.56 Å². The van der Waals surface area contributed by atoms with Gasteiger partial charge in [0.25, 0.3) is 0 Å². The van der Waals surface area contributed by atoms with Gasteiger partial charge in [-0.05, 0) is 32.4 Å². The first-order valence-electron chi connectivity index (χ1n) is 6.62. The molecule has 2 aromatic rings. The number of nitrogens with one attached hydrogen (secondary N) is 1. The minimum absolute atomic E-state index is 0.183. The van der Waals surface area contributed by atoms with Crippen molar-refractivity contribution in [2.45, 2.75) is 32.8 Å². The predicted molar refractivity (Wildman–Crippen MR) is 78.4 cm³/mol. The highest BCUT2D eigenvalue weighted by Crippen LogP contribution is 2.41. The zero-order chi connectivity index (χ0) is 14.3. The fourth-order valence-corrected chi connectivity index (χ4v) is 2.55. The fourth-order valence-electron chi connectivity index (χ4n) is 2.55. The van der Waals surface area contributed by atoms with E-state index in [-0.39, 0.29) is 5.60 Å². The molecule has 1 aromatic heterocycles. The second-order valence-corrected chi connectivity index (χ2v) is 5.69. The Bertz CT molecular complexity index is 667. The standard InChI is InChI=1S/C15H18N4O/c1-9-7-12(19-16)18-14(17-9)11-6-4-5-10-8-15(2,3)20-13(10)11/h4-7H,8,16H2,1-3H3,(H,17,18,19). The molecular formula is C15H18N4O. The Morgan fingerprint density at radius 3 is 2.85 bits per heavy atom. The van der Waals surface area contributed by atoms with Crippen LogP contribution in [0.15, 0.2) is 24.3 Å². The monoisotopic (exact) mass is 270 g/mol. The Balaban J connectivity index is 2.13. The van der Waals surface area contributed by atoms with E-state index >= 15 is 0 Å². The minimum Gasteiger partial charge on any atom is -0.486 e. The van der Waals surface area contributed by atoms with E-state index < -0.39 is 0 Å². The van der Waals surface area contributed by atoms with E-state index in [1.54, 1.807) is 6.07 Å². The van der Waals surface area contributed by atoms with Gasteiger partial charge in [-0.2, -0.15) is 0 Å². The van der Waals surface area contributed by atoms with Gasteiger partial charge in [0.1, 0.15) is 17.2 Å². The molecule has 0 saturated heterocycles. The largest absolute Gasteiger partial charge is 0.486 e. The average Bonchev–Trinajstić information content (AvgIpc) is 2.71. The molecule has 1 aliphatic rings. The molecular weight excluding hydrogens is 252 g/mol. The third-order valence-electron chi connectivity index (χ3n) is 3.33. The molecule has 20 heavy (non-hydrogen) atoms. The van der Waals surface area contributed by atoms with Crippen molar-refractivity contribution in [2.75, 3.05) is 5.43 Å². The van der Waals surface area contributed by atoms with Crippen molar-refractivity contribution in [3.8, 4) is 17.1 Å².